The molecule has 122 valence electrons. The van der Waals surface area contributed by atoms with Crippen molar-refractivity contribution in [3.05, 3.63) is 66.0 Å². The quantitative estimate of drug-likeness (QED) is 0.727. The molecule has 0 aromatic heterocycles. The first-order valence-electron chi connectivity index (χ1n) is 7.53. The summed E-state index contributed by atoms with van der Waals surface area (Å²) in [6.07, 6.45) is 1.27. The molecule has 1 atom stereocenters. The third-order valence-corrected chi connectivity index (χ3v) is 4.43. The zero-order valence-electron chi connectivity index (χ0n) is 12.7. The van der Waals surface area contributed by atoms with E-state index in [1.165, 1.54) is 17.8 Å². The molecule has 0 saturated carbocycles. The number of nitrogens with one attached hydrogen (secondary N) is 1. The van der Waals surface area contributed by atoms with Gasteiger partial charge in [0.25, 0.3) is 0 Å². The molecule has 0 aliphatic heterocycles. The first-order chi connectivity index (χ1) is 11.2. The highest BCUT2D eigenvalue weighted by atomic mass is 32.2. The molecule has 0 radical (unpaired) electrons. The van der Waals surface area contributed by atoms with Gasteiger partial charge in [0.15, 0.2) is 0 Å². The summed E-state index contributed by atoms with van der Waals surface area (Å²) in [7, 11) is 0. The molecule has 0 spiro atoms. The zero-order valence-corrected chi connectivity index (χ0v) is 13.6. The van der Waals surface area contributed by atoms with E-state index in [4.69, 9.17) is 5.11 Å². The number of rotatable bonds is 8. The molecule has 1 unspecified atom stereocenters. The smallest absolute Gasteiger partial charge is 0.230 e. The van der Waals surface area contributed by atoms with E-state index in [1.54, 1.807) is 18.2 Å². The summed E-state index contributed by atoms with van der Waals surface area (Å²) in [6, 6.07) is 15.9. The number of halogens is 1. The minimum Gasteiger partial charge on any atom is -0.396 e. The standard InChI is InChI=1S/C18H20FNO2S/c19-15-9-4-5-11-17(15)23-13-18(22)20-16(10-6-12-21)14-7-2-1-3-8-14/h1-5,7-9,11,16,21H,6,10,12-13H2,(H,20,22). The number of aliphatic hydroxyl groups is 1. The molecule has 0 saturated heterocycles. The van der Waals surface area contributed by atoms with Crippen LogP contribution in [0.15, 0.2) is 59.5 Å². The van der Waals surface area contributed by atoms with E-state index in [1.807, 2.05) is 30.3 Å². The summed E-state index contributed by atoms with van der Waals surface area (Å²) in [4.78, 5) is 12.6. The molecule has 2 aromatic carbocycles. The fourth-order valence-corrected chi connectivity index (χ4v) is 2.99. The molecule has 2 rings (SSSR count). The Morgan fingerprint density at radius 2 is 1.83 bits per heavy atom. The molecular formula is C18H20FNO2S. The topological polar surface area (TPSA) is 49.3 Å². The summed E-state index contributed by atoms with van der Waals surface area (Å²) in [6.45, 7) is 0.0865. The summed E-state index contributed by atoms with van der Waals surface area (Å²) in [5, 5.41) is 12.0. The van der Waals surface area contributed by atoms with Crippen LogP contribution >= 0.6 is 11.8 Å². The van der Waals surface area contributed by atoms with Crippen LogP contribution in [0.3, 0.4) is 0 Å². The third kappa shape index (κ3) is 5.69. The Morgan fingerprint density at radius 1 is 1.13 bits per heavy atom. The van der Waals surface area contributed by atoms with Crippen molar-refractivity contribution in [3.8, 4) is 0 Å². The highest BCUT2D eigenvalue weighted by Crippen LogP contribution is 2.22. The number of amides is 1. The molecular weight excluding hydrogens is 313 g/mol. The number of thioether (sulfide) groups is 1. The molecule has 1 amide bonds. The van der Waals surface area contributed by atoms with Crippen molar-refractivity contribution in [2.45, 2.75) is 23.8 Å². The van der Waals surface area contributed by atoms with Gasteiger partial charge in [-0.1, -0.05) is 42.5 Å². The lowest BCUT2D eigenvalue weighted by atomic mass is 10.0. The van der Waals surface area contributed by atoms with E-state index >= 15 is 0 Å². The first kappa shape index (κ1) is 17.5. The van der Waals surface area contributed by atoms with Crippen LogP contribution in [0.4, 0.5) is 4.39 Å². The average Bonchev–Trinajstić information content (AvgIpc) is 2.58. The van der Waals surface area contributed by atoms with E-state index in [0.29, 0.717) is 17.7 Å². The second-order valence-corrected chi connectivity index (χ2v) is 6.13. The van der Waals surface area contributed by atoms with Gasteiger partial charge < -0.3 is 10.4 Å². The van der Waals surface area contributed by atoms with Crippen molar-refractivity contribution < 1.29 is 14.3 Å². The minimum absolute atomic E-state index is 0.0865. The Morgan fingerprint density at radius 3 is 2.52 bits per heavy atom. The van der Waals surface area contributed by atoms with Gasteiger partial charge in [-0.2, -0.15) is 0 Å². The fourth-order valence-electron chi connectivity index (χ4n) is 2.24. The molecule has 0 aliphatic carbocycles. The largest absolute Gasteiger partial charge is 0.396 e. The molecule has 23 heavy (non-hydrogen) atoms. The van der Waals surface area contributed by atoms with E-state index < -0.39 is 0 Å². The van der Waals surface area contributed by atoms with Crippen molar-refractivity contribution in [1.29, 1.82) is 0 Å². The molecule has 5 heteroatoms. The predicted octanol–water partition coefficient (Wildman–Crippen LogP) is 3.55. The summed E-state index contributed by atoms with van der Waals surface area (Å²) in [5.41, 5.74) is 1.00. The van der Waals surface area contributed by atoms with E-state index in [0.717, 1.165) is 5.56 Å². The number of hydrogen-bond acceptors (Lipinski definition) is 3. The number of carbonyl (C=O) groups is 1. The second-order valence-electron chi connectivity index (χ2n) is 5.12. The Balaban J connectivity index is 1.93. The molecule has 0 heterocycles. The number of hydrogen-bond donors (Lipinski definition) is 2. The van der Waals surface area contributed by atoms with Crippen LogP contribution in [-0.4, -0.2) is 23.4 Å². The summed E-state index contributed by atoms with van der Waals surface area (Å²) >= 11 is 1.18. The Labute approximate surface area is 139 Å². The Hall–Kier alpha value is -1.85. The van der Waals surface area contributed by atoms with Crippen molar-refractivity contribution in [2.75, 3.05) is 12.4 Å². The summed E-state index contributed by atoms with van der Waals surface area (Å²) in [5.74, 6) is -0.307. The normalized spacial score (nSPS) is 11.9. The van der Waals surface area contributed by atoms with Crippen molar-refractivity contribution in [1.82, 2.24) is 5.32 Å². The van der Waals surface area contributed by atoms with Gasteiger partial charge >= 0.3 is 0 Å². The van der Waals surface area contributed by atoms with Crippen LogP contribution in [0.1, 0.15) is 24.4 Å². The molecule has 2 aromatic rings. The van der Waals surface area contributed by atoms with Gasteiger partial charge in [-0.3, -0.25) is 4.79 Å². The Bertz CT molecular complexity index is 621. The van der Waals surface area contributed by atoms with Crippen LogP contribution in [0.5, 0.6) is 0 Å². The second kappa shape index (κ2) is 9.33. The van der Waals surface area contributed by atoms with Gasteiger partial charge in [0, 0.05) is 11.5 Å². The molecule has 2 N–H and O–H groups in total. The van der Waals surface area contributed by atoms with Crippen LogP contribution in [-0.2, 0) is 4.79 Å². The maximum absolute atomic E-state index is 13.6. The summed E-state index contributed by atoms with van der Waals surface area (Å²) < 4.78 is 13.6. The first-order valence-corrected chi connectivity index (χ1v) is 8.51. The van der Waals surface area contributed by atoms with E-state index in [2.05, 4.69) is 5.32 Å². The molecule has 3 nitrogen and oxygen atoms in total. The lowest BCUT2D eigenvalue weighted by molar-refractivity contribution is -0.119. The lowest BCUT2D eigenvalue weighted by Crippen LogP contribution is -2.30. The van der Waals surface area contributed by atoms with Crippen LogP contribution in [0.25, 0.3) is 0 Å². The molecule has 0 bridgehead atoms. The van der Waals surface area contributed by atoms with E-state index in [9.17, 15) is 9.18 Å². The van der Waals surface area contributed by atoms with Gasteiger partial charge in [0.05, 0.1) is 11.8 Å². The minimum atomic E-state index is -0.315. The maximum Gasteiger partial charge on any atom is 0.230 e. The predicted molar refractivity (Wildman–Crippen MR) is 90.8 cm³/mol. The zero-order chi connectivity index (χ0) is 16.5. The third-order valence-electron chi connectivity index (χ3n) is 3.38. The average molecular weight is 333 g/mol. The number of carbonyl (C=O) groups excluding carboxylic acids is 1. The maximum atomic E-state index is 13.6. The molecule has 0 aliphatic rings. The lowest BCUT2D eigenvalue weighted by Gasteiger charge is -2.19. The van der Waals surface area contributed by atoms with Crippen molar-refractivity contribution in [2.24, 2.45) is 0 Å². The highest BCUT2D eigenvalue weighted by molar-refractivity contribution is 8.00. The highest BCUT2D eigenvalue weighted by Gasteiger charge is 2.14. The van der Waals surface area contributed by atoms with Gasteiger partial charge in [0.1, 0.15) is 5.82 Å². The SMILES string of the molecule is O=C(CSc1ccccc1F)NC(CCCO)c1ccccc1. The van der Waals surface area contributed by atoms with Gasteiger partial charge in [-0.05, 0) is 30.5 Å². The van der Waals surface area contributed by atoms with Gasteiger partial charge in [-0.25, -0.2) is 4.39 Å². The Kier molecular flexibility index (Phi) is 7.10. The monoisotopic (exact) mass is 333 g/mol. The van der Waals surface area contributed by atoms with Gasteiger partial charge in [0.2, 0.25) is 5.91 Å². The van der Waals surface area contributed by atoms with E-state index in [-0.39, 0.29) is 30.1 Å². The molecule has 0 fully saturated rings. The van der Waals surface area contributed by atoms with Crippen molar-refractivity contribution in [3.63, 3.8) is 0 Å². The number of benzene rings is 2. The van der Waals surface area contributed by atoms with Gasteiger partial charge in [-0.15, -0.1) is 11.8 Å². The van der Waals surface area contributed by atoms with Crippen molar-refractivity contribution >= 4 is 17.7 Å². The fraction of sp³-hybridized carbons (Fsp3) is 0.278. The van der Waals surface area contributed by atoms with Crippen LogP contribution in [0.2, 0.25) is 0 Å². The van der Waals surface area contributed by atoms with Crippen LogP contribution < -0.4 is 5.32 Å². The number of aliphatic hydroxyl groups excluding tert-OH is 1. The van der Waals surface area contributed by atoms with Crippen LogP contribution in [0, 0.1) is 5.82 Å².